The summed E-state index contributed by atoms with van der Waals surface area (Å²) in [7, 11) is 0. The zero-order valence-corrected chi connectivity index (χ0v) is 15.1. The summed E-state index contributed by atoms with van der Waals surface area (Å²) < 4.78 is 47.0. The summed E-state index contributed by atoms with van der Waals surface area (Å²) in [6.07, 6.45) is -1.47. The summed E-state index contributed by atoms with van der Waals surface area (Å²) in [6, 6.07) is 0. The molecule has 0 bridgehead atoms. The number of fused-ring (bicyclic) bond motifs is 1. The predicted octanol–water partition coefficient (Wildman–Crippen LogP) is 1.47. The van der Waals surface area contributed by atoms with Crippen molar-refractivity contribution in [2.45, 2.75) is 83.3 Å². The summed E-state index contributed by atoms with van der Waals surface area (Å²) in [5.41, 5.74) is 0. The second-order valence-electron chi connectivity index (χ2n) is 7.01. The maximum absolute atomic E-state index is 12.1. The van der Waals surface area contributed by atoms with Crippen molar-refractivity contribution in [3.8, 4) is 0 Å². The summed E-state index contributed by atoms with van der Waals surface area (Å²) in [5.74, 6) is -0.946. The number of hydrogen-bond acceptors (Lipinski definition) is 7. The van der Waals surface area contributed by atoms with E-state index in [1.807, 2.05) is 34.6 Å². The SMILES string of the molecule is CCC[S@](=O)O[C@@H]1[C@H]2OC(C)(C)O[C@H]2O[C@@H]1[C@@H]1COC(C)(C)O1. The average molecular weight is 350 g/mol. The van der Waals surface area contributed by atoms with Crippen LogP contribution in [0.2, 0.25) is 0 Å². The lowest BCUT2D eigenvalue weighted by Crippen LogP contribution is -2.44. The molecule has 3 rings (SSSR count). The van der Waals surface area contributed by atoms with Crippen molar-refractivity contribution >= 4 is 11.1 Å². The molecule has 7 nitrogen and oxygen atoms in total. The fraction of sp³-hybridized carbons (Fsp3) is 1.00. The molecule has 3 saturated heterocycles. The van der Waals surface area contributed by atoms with Crippen LogP contribution in [0.4, 0.5) is 0 Å². The van der Waals surface area contributed by atoms with Gasteiger partial charge in [0.1, 0.15) is 24.4 Å². The lowest BCUT2D eigenvalue weighted by Gasteiger charge is -2.28. The van der Waals surface area contributed by atoms with Gasteiger partial charge < -0.3 is 23.7 Å². The topological polar surface area (TPSA) is 72.5 Å². The number of rotatable bonds is 5. The van der Waals surface area contributed by atoms with Crippen molar-refractivity contribution in [1.29, 1.82) is 0 Å². The number of ether oxygens (including phenoxy) is 5. The van der Waals surface area contributed by atoms with Gasteiger partial charge in [-0.05, 0) is 34.1 Å². The van der Waals surface area contributed by atoms with Gasteiger partial charge in [-0.1, -0.05) is 6.92 Å². The minimum Gasteiger partial charge on any atom is -0.348 e. The third kappa shape index (κ3) is 3.78. The predicted molar refractivity (Wildman–Crippen MR) is 81.8 cm³/mol. The Morgan fingerprint density at radius 1 is 1.09 bits per heavy atom. The van der Waals surface area contributed by atoms with Crippen molar-refractivity contribution in [3.63, 3.8) is 0 Å². The first-order chi connectivity index (χ1) is 10.7. The number of hydrogen-bond donors (Lipinski definition) is 0. The first-order valence-electron chi connectivity index (χ1n) is 8.09. The van der Waals surface area contributed by atoms with Gasteiger partial charge in [0.05, 0.1) is 6.61 Å². The molecule has 0 aromatic heterocycles. The van der Waals surface area contributed by atoms with E-state index in [9.17, 15) is 4.21 Å². The lowest BCUT2D eigenvalue weighted by atomic mass is 10.1. The van der Waals surface area contributed by atoms with Gasteiger partial charge in [-0.3, -0.25) is 4.18 Å². The highest BCUT2D eigenvalue weighted by Crippen LogP contribution is 2.42. The van der Waals surface area contributed by atoms with E-state index in [1.54, 1.807) is 0 Å². The van der Waals surface area contributed by atoms with Crippen LogP contribution in [0.15, 0.2) is 0 Å². The monoisotopic (exact) mass is 350 g/mol. The van der Waals surface area contributed by atoms with Gasteiger partial charge >= 0.3 is 0 Å². The third-order valence-electron chi connectivity index (χ3n) is 4.01. The quantitative estimate of drug-likeness (QED) is 0.743. The summed E-state index contributed by atoms with van der Waals surface area (Å²) in [4.78, 5) is 0. The van der Waals surface area contributed by atoms with Gasteiger partial charge in [0.15, 0.2) is 28.9 Å². The fourth-order valence-electron chi connectivity index (χ4n) is 3.13. The van der Waals surface area contributed by atoms with E-state index in [0.29, 0.717) is 12.4 Å². The molecule has 3 aliphatic heterocycles. The van der Waals surface area contributed by atoms with E-state index in [4.69, 9.17) is 27.9 Å². The molecule has 0 aliphatic carbocycles. The van der Waals surface area contributed by atoms with Crippen LogP contribution >= 0.6 is 0 Å². The molecule has 0 spiro atoms. The molecular formula is C15H26O7S. The normalized spacial score (nSPS) is 42.7. The second-order valence-corrected chi connectivity index (χ2v) is 8.21. The van der Waals surface area contributed by atoms with Gasteiger partial charge in [-0.15, -0.1) is 0 Å². The maximum atomic E-state index is 12.1. The molecular weight excluding hydrogens is 324 g/mol. The summed E-state index contributed by atoms with van der Waals surface area (Å²) >= 11 is -1.40. The molecule has 134 valence electrons. The van der Waals surface area contributed by atoms with E-state index >= 15 is 0 Å². The minimum absolute atomic E-state index is 0.311. The molecule has 8 heteroatoms. The highest BCUT2D eigenvalue weighted by molar-refractivity contribution is 7.80. The van der Waals surface area contributed by atoms with Crippen LogP contribution in [0.5, 0.6) is 0 Å². The van der Waals surface area contributed by atoms with Crippen LogP contribution < -0.4 is 0 Å². The summed E-state index contributed by atoms with van der Waals surface area (Å²) in [5, 5.41) is 0. The molecule has 0 aromatic rings. The minimum atomic E-state index is -1.40. The Labute approximate surface area is 139 Å². The van der Waals surface area contributed by atoms with Crippen molar-refractivity contribution in [2.24, 2.45) is 0 Å². The van der Waals surface area contributed by atoms with E-state index in [-0.39, 0.29) is 6.10 Å². The molecule has 23 heavy (non-hydrogen) atoms. The molecule has 0 amide bonds. The zero-order chi connectivity index (χ0) is 16.8. The van der Waals surface area contributed by atoms with Crippen molar-refractivity contribution in [1.82, 2.24) is 0 Å². The molecule has 3 aliphatic rings. The molecule has 0 aromatic carbocycles. The Morgan fingerprint density at radius 2 is 1.83 bits per heavy atom. The first kappa shape index (κ1) is 17.7. The van der Waals surface area contributed by atoms with E-state index < -0.39 is 47.3 Å². The largest absolute Gasteiger partial charge is 0.348 e. The van der Waals surface area contributed by atoms with Gasteiger partial charge in [0.2, 0.25) is 0 Å². The van der Waals surface area contributed by atoms with Crippen LogP contribution in [0.3, 0.4) is 0 Å². The smallest absolute Gasteiger partial charge is 0.190 e. The Balaban J connectivity index is 1.75. The molecule has 3 fully saturated rings. The van der Waals surface area contributed by atoms with E-state index in [0.717, 1.165) is 6.42 Å². The summed E-state index contributed by atoms with van der Waals surface area (Å²) in [6.45, 7) is 9.69. The van der Waals surface area contributed by atoms with E-state index in [2.05, 4.69) is 0 Å². The fourth-order valence-corrected chi connectivity index (χ4v) is 4.03. The molecule has 0 N–H and O–H groups in total. The van der Waals surface area contributed by atoms with Gasteiger partial charge in [-0.25, -0.2) is 4.21 Å². The molecule has 0 unspecified atom stereocenters. The molecule has 3 heterocycles. The zero-order valence-electron chi connectivity index (χ0n) is 14.3. The lowest BCUT2D eigenvalue weighted by molar-refractivity contribution is -0.230. The highest BCUT2D eigenvalue weighted by Gasteiger charge is 2.59. The van der Waals surface area contributed by atoms with E-state index in [1.165, 1.54) is 0 Å². The van der Waals surface area contributed by atoms with Gasteiger partial charge in [-0.2, -0.15) is 0 Å². The van der Waals surface area contributed by atoms with Crippen LogP contribution in [0.1, 0.15) is 41.0 Å². The Morgan fingerprint density at radius 3 is 2.43 bits per heavy atom. The molecule has 0 saturated carbocycles. The Bertz CT molecular complexity index is 467. The van der Waals surface area contributed by atoms with Gasteiger partial charge in [0.25, 0.3) is 0 Å². The van der Waals surface area contributed by atoms with Crippen LogP contribution in [-0.2, 0) is 38.9 Å². The second kappa shape index (κ2) is 6.33. The van der Waals surface area contributed by atoms with Crippen LogP contribution in [-0.4, -0.2) is 58.8 Å². The van der Waals surface area contributed by atoms with Crippen molar-refractivity contribution < 1.29 is 32.1 Å². The molecule has 0 radical (unpaired) electrons. The van der Waals surface area contributed by atoms with Crippen molar-refractivity contribution in [2.75, 3.05) is 12.4 Å². The standard InChI is InChI=1S/C15H26O7S/c1-6-7-23(16)22-11-10(9-8-17-14(2,3)19-9)18-13-12(11)20-15(4,5)21-13/h9-13H,6-8H2,1-5H3/t9-,10+,11-,12+,13+,23+/m0/s1. The maximum Gasteiger partial charge on any atom is 0.190 e. The van der Waals surface area contributed by atoms with Gasteiger partial charge in [0, 0.05) is 5.75 Å². The average Bonchev–Trinajstić information content (AvgIpc) is 3.01. The third-order valence-corrected chi connectivity index (χ3v) is 5.19. The van der Waals surface area contributed by atoms with Crippen LogP contribution in [0, 0.1) is 0 Å². The highest BCUT2D eigenvalue weighted by atomic mass is 32.2. The Kier molecular flexibility index (Phi) is 4.88. The first-order valence-corrected chi connectivity index (χ1v) is 9.33. The van der Waals surface area contributed by atoms with Crippen LogP contribution in [0.25, 0.3) is 0 Å². The Hall–Kier alpha value is -0.0900. The van der Waals surface area contributed by atoms with Crippen molar-refractivity contribution in [3.05, 3.63) is 0 Å². The molecule has 6 atom stereocenters.